The minimum absolute atomic E-state index is 0.474. The largest absolute Gasteiger partial charge is 0.497 e. The first-order valence-electron chi connectivity index (χ1n) is 8.11. The summed E-state index contributed by atoms with van der Waals surface area (Å²) in [6.45, 7) is 3.47. The van der Waals surface area contributed by atoms with Gasteiger partial charge in [0.15, 0.2) is 0 Å². The van der Waals surface area contributed by atoms with E-state index in [0.29, 0.717) is 11.5 Å². The number of hydroxylamine groups is 1. The minimum atomic E-state index is -0.857. The molecule has 3 aromatic rings. The Hall–Kier alpha value is -3.12. The van der Waals surface area contributed by atoms with Crippen LogP contribution in [0.2, 0.25) is 0 Å². The van der Waals surface area contributed by atoms with Crippen molar-refractivity contribution in [3.8, 4) is 17.2 Å². The number of nitrogens with zero attached hydrogens (tertiary/aromatic N) is 1. The highest BCUT2D eigenvalue weighted by Crippen LogP contribution is 2.32. The fourth-order valence-electron chi connectivity index (χ4n) is 2.65. The molecule has 26 heavy (non-hydrogen) atoms. The van der Waals surface area contributed by atoms with E-state index in [1.54, 1.807) is 63.0 Å². The number of pyridine rings is 1. The molecule has 0 bridgehead atoms. The zero-order valence-corrected chi connectivity index (χ0v) is 14.8. The van der Waals surface area contributed by atoms with E-state index in [2.05, 4.69) is 4.98 Å². The van der Waals surface area contributed by atoms with Gasteiger partial charge in [-0.2, -0.15) is 0 Å². The van der Waals surface area contributed by atoms with Crippen molar-refractivity contribution in [2.45, 2.75) is 19.3 Å². The van der Waals surface area contributed by atoms with E-state index in [4.69, 9.17) is 14.7 Å². The van der Waals surface area contributed by atoms with E-state index in [1.165, 1.54) is 0 Å². The predicted octanol–water partition coefficient (Wildman–Crippen LogP) is 3.82. The molecule has 0 aliphatic heterocycles. The van der Waals surface area contributed by atoms with Gasteiger partial charge >= 0.3 is 0 Å². The molecular weight excluding hydrogens is 332 g/mol. The number of hydrogen-bond donors (Lipinski definition) is 2. The summed E-state index contributed by atoms with van der Waals surface area (Å²) in [7, 11) is 1.61. The second-order valence-electron chi connectivity index (χ2n) is 6.38. The average molecular weight is 352 g/mol. The first kappa shape index (κ1) is 17.7. The van der Waals surface area contributed by atoms with Gasteiger partial charge in [0.2, 0.25) is 0 Å². The fourth-order valence-corrected chi connectivity index (χ4v) is 2.65. The van der Waals surface area contributed by atoms with Gasteiger partial charge in [0.25, 0.3) is 5.91 Å². The number of amides is 1. The third-order valence-corrected chi connectivity index (χ3v) is 4.38. The fraction of sp³-hybridized carbons (Fsp3) is 0.200. The number of aromatic nitrogens is 1. The molecule has 2 aromatic carbocycles. The van der Waals surface area contributed by atoms with Crippen LogP contribution >= 0.6 is 0 Å². The molecule has 0 aliphatic rings. The van der Waals surface area contributed by atoms with Gasteiger partial charge < -0.3 is 9.47 Å². The van der Waals surface area contributed by atoms with Crippen LogP contribution in [0.25, 0.3) is 10.9 Å². The van der Waals surface area contributed by atoms with Gasteiger partial charge in [0.1, 0.15) is 17.2 Å². The van der Waals surface area contributed by atoms with E-state index < -0.39 is 11.3 Å². The second-order valence-corrected chi connectivity index (χ2v) is 6.38. The van der Waals surface area contributed by atoms with Gasteiger partial charge in [-0.05, 0) is 55.8 Å². The summed E-state index contributed by atoms with van der Waals surface area (Å²) < 4.78 is 11.3. The van der Waals surface area contributed by atoms with Crippen LogP contribution in [-0.4, -0.2) is 23.2 Å². The first-order valence-corrected chi connectivity index (χ1v) is 8.11. The summed E-state index contributed by atoms with van der Waals surface area (Å²) in [6.07, 6.45) is 1.69. The normalized spacial score (nSPS) is 11.2. The molecule has 0 radical (unpaired) electrons. The number of rotatable bonds is 5. The summed E-state index contributed by atoms with van der Waals surface area (Å²) in [5, 5.41) is 9.73. The molecule has 1 amide bonds. The van der Waals surface area contributed by atoms with Crippen molar-refractivity contribution in [2.24, 2.45) is 0 Å². The standard InChI is InChI=1S/C20H20N2O4/c1-20(2,19(23)22-24)13-4-6-14(7-5-13)26-18-10-11-21-17-9-8-15(25-3)12-16(17)18/h4-12,24H,1-3H3,(H,22,23). The summed E-state index contributed by atoms with van der Waals surface area (Å²) in [6, 6.07) is 14.6. The van der Waals surface area contributed by atoms with Gasteiger partial charge in [-0.3, -0.25) is 15.0 Å². The van der Waals surface area contributed by atoms with Crippen molar-refractivity contribution in [1.82, 2.24) is 10.5 Å². The van der Waals surface area contributed by atoms with E-state index in [1.807, 2.05) is 18.2 Å². The third-order valence-electron chi connectivity index (χ3n) is 4.38. The lowest BCUT2D eigenvalue weighted by molar-refractivity contribution is -0.134. The highest BCUT2D eigenvalue weighted by molar-refractivity contribution is 5.87. The lowest BCUT2D eigenvalue weighted by Gasteiger charge is -2.22. The average Bonchev–Trinajstić information content (AvgIpc) is 2.67. The summed E-state index contributed by atoms with van der Waals surface area (Å²) in [4.78, 5) is 16.1. The van der Waals surface area contributed by atoms with Crippen molar-refractivity contribution < 1.29 is 19.5 Å². The molecular formula is C20H20N2O4. The molecule has 0 fully saturated rings. The van der Waals surface area contributed by atoms with E-state index in [-0.39, 0.29) is 0 Å². The molecule has 1 heterocycles. The van der Waals surface area contributed by atoms with Gasteiger partial charge in [-0.25, -0.2) is 5.48 Å². The van der Waals surface area contributed by atoms with Crippen molar-refractivity contribution in [3.05, 3.63) is 60.3 Å². The maximum absolute atomic E-state index is 11.8. The van der Waals surface area contributed by atoms with Crippen molar-refractivity contribution in [1.29, 1.82) is 0 Å². The number of ether oxygens (including phenoxy) is 2. The van der Waals surface area contributed by atoms with Gasteiger partial charge in [-0.1, -0.05) is 12.1 Å². The number of carbonyl (C=O) groups excluding carboxylic acids is 1. The zero-order chi connectivity index (χ0) is 18.7. The zero-order valence-electron chi connectivity index (χ0n) is 14.8. The Labute approximate surface area is 151 Å². The van der Waals surface area contributed by atoms with Crippen LogP contribution in [0.3, 0.4) is 0 Å². The Kier molecular flexibility index (Phi) is 4.77. The SMILES string of the molecule is COc1ccc2nccc(Oc3ccc(C(C)(C)C(=O)NO)cc3)c2c1. The van der Waals surface area contributed by atoms with E-state index in [9.17, 15) is 4.79 Å². The maximum Gasteiger partial charge on any atom is 0.253 e. The number of nitrogens with one attached hydrogen (secondary N) is 1. The molecule has 6 nitrogen and oxygen atoms in total. The second kappa shape index (κ2) is 7.01. The van der Waals surface area contributed by atoms with Crippen LogP contribution in [0, 0.1) is 0 Å². The van der Waals surface area contributed by atoms with Gasteiger partial charge in [-0.15, -0.1) is 0 Å². The monoisotopic (exact) mass is 352 g/mol. The molecule has 2 N–H and O–H groups in total. The van der Waals surface area contributed by atoms with Crippen LogP contribution in [0.1, 0.15) is 19.4 Å². The van der Waals surface area contributed by atoms with E-state index in [0.717, 1.165) is 22.2 Å². The molecule has 134 valence electrons. The quantitative estimate of drug-likeness (QED) is 0.539. The van der Waals surface area contributed by atoms with Crippen LogP contribution in [0.5, 0.6) is 17.2 Å². The molecule has 0 aliphatic carbocycles. The third kappa shape index (κ3) is 3.32. The first-order chi connectivity index (χ1) is 12.5. The summed E-state index contributed by atoms with van der Waals surface area (Å²) in [5.74, 6) is 1.54. The molecule has 0 atom stereocenters. The Balaban J connectivity index is 1.90. The molecule has 6 heteroatoms. The Bertz CT molecular complexity index is 936. The molecule has 0 saturated carbocycles. The van der Waals surface area contributed by atoms with Gasteiger partial charge in [0, 0.05) is 11.6 Å². The van der Waals surface area contributed by atoms with Gasteiger partial charge in [0.05, 0.1) is 18.0 Å². The molecule has 3 rings (SSSR count). The topological polar surface area (TPSA) is 80.7 Å². The van der Waals surface area contributed by atoms with Crippen LogP contribution in [0.4, 0.5) is 0 Å². The molecule has 0 spiro atoms. The molecule has 0 unspecified atom stereocenters. The number of hydrogen-bond acceptors (Lipinski definition) is 5. The number of fused-ring (bicyclic) bond motifs is 1. The Morgan fingerprint density at radius 2 is 1.77 bits per heavy atom. The number of benzene rings is 2. The smallest absolute Gasteiger partial charge is 0.253 e. The predicted molar refractivity (Wildman–Crippen MR) is 97.8 cm³/mol. The molecule has 0 saturated heterocycles. The lowest BCUT2D eigenvalue weighted by atomic mass is 9.84. The Morgan fingerprint density at radius 3 is 2.42 bits per heavy atom. The van der Waals surface area contributed by atoms with E-state index >= 15 is 0 Å². The van der Waals surface area contributed by atoms with Crippen LogP contribution in [0.15, 0.2) is 54.7 Å². The minimum Gasteiger partial charge on any atom is -0.497 e. The highest BCUT2D eigenvalue weighted by Gasteiger charge is 2.29. The van der Waals surface area contributed by atoms with Crippen LogP contribution in [-0.2, 0) is 10.2 Å². The highest BCUT2D eigenvalue weighted by atomic mass is 16.5. The maximum atomic E-state index is 11.8. The Morgan fingerprint density at radius 1 is 1.08 bits per heavy atom. The van der Waals surface area contributed by atoms with Crippen LogP contribution < -0.4 is 15.0 Å². The molecule has 1 aromatic heterocycles. The van der Waals surface area contributed by atoms with Crippen molar-refractivity contribution in [2.75, 3.05) is 7.11 Å². The summed E-state index contributed by atoms with van der Waals surface area (Å²) >= 11 is 0. The number of carbonyl (C=O) groups is 1. The lowest BCUT2D eigenvalue weighted by Crippen LogP contribution is -2.38. The van der Waals surface area contributed by atoms with Crippen molar-refractivity contribution >= 4 is 16.8 Å². The summed E-state index contributed by atoms with van der Waals surface area (Å²) in [5.41, 5.74) is 2.41. The number of methoxy groups -OCH3 is 1. The van der Waals surface area contributed by atoms with Crippen molar-refractivity contribution in [3.63, 3.8) is 0 Å².